The van der Waals surface area contributed by atoms with Gasteiger partial charge in [-0.15, -0.1) is 0 Å². The van der Waals surface area contributed by atoms with Crippen LogP contribution >= 0.6 is 39.1 Å². The molecule has 0 unspecified atom stereocenters. The molecule has 0 aliphatic carbocycles. The molecule has 13 nitrogen and oxygen atoms in total. The van der Waals surface area contributed by atoms with Crippen molar-refractivity contribution in [2.45, 2.75) is 52.0 Å². The second-order valence-corrected chi connectivity index (χ2v) is 18.2. The van der Waals surface area contributed by atoms with E-state index in [-0.39, 0.29) is 83.4 Å². The molecule has 6 rings (SSSR count). The van der Waals surface area contributed by atoms with Crippen LogP contribution in [0.2, 0.25) is 10.0 Å². The highest BCUT2D eigenvalue weighted by molar-refractivity contribution is 9.09. The Morgan fingerprint density at radius 3 is 1.80 bits per heavy atom. The van der Waals surface area contributed by atoms with Crippen molar-refractivity contribution in [2.75, 3.05) is 16.2 Å². The third-order valence-corrected chi connectivity index (χ3v) is 11.5. The Morgan fingerprint density at radius 1 is 0.836 bits per heavy atom. The lowest BCUT2D eigenvalue weighted by molar-refractivity contribution is -0.384. The van der Waals surface area contributed by atoms with Gasteiger partial charge in [0, 0.05) is 52.8 Å². The molecule has 0 atom stereocenters. The molecule has 4 aromatic rings. The number of nitrogens with zero attached hydrogens (tertiary/aromatic N) is 2. The van der Waals surface area contributed by atoms with Crippen molar-refractivity contribution < 1.29 is 46.7 Å². The first kappa shape index (κ1) is 40.0. The molecular formula is C38H33BrCl2N2O11S. The van der Waals surface area contributed by atoms with E-state index >= 15 is 0 Å². The van der Waals surface area contributed by atoms with Gasteiger partial charge >= 0.3 is 17.9 Å². The second-order valence-electron chi connectivity index (χ2n) is 14.8. The van der Waals surface area contributed by atoms with Gasteiger partial charge < -0.3 is 18.9 Å². The van der Waals surface area contributed by atoms with E-state index in [0.717, 1.165) is 28.6 Å². The predicted octanol–water partition coefficient (Wildman–Crippen LogP) is 8.96. The molecule has 4 aromatic carbocycles. The molecule has 0 aromatic heterocycles. The van der Waals surface area contributed by atoms with E-state index in [0.29, 0.717) is 0 Å². The Kier molecular flexibility index (Phi) is 10.3. The first-order valence-corrected chi connectivity index (χ1v) is 19.9. The van der Waals surface area contributed by atoms with Crippen LogP contribution in [0.1, 0.15) is 68.6 Å². The van der Waals surface area contributed by atoms with E-state index in [9.17, 15) is 32.9 Å². The monoisotopic (exact) mass is 874 g/mol. The molecule has 17 heteroatoms. The summed E-state index contributed by atoms with van der Waals surface area (Å²) in [5, 5.41) is 11.4. The van der Waals surface area contributed by atoms with Crippen LogP contribution in [0.15, 0.2) is 71.6 Å². The zero-order chi connectivity index (χ0) is 40.4. The third-order valence-electron chi connectivity index (χ3n) is 8.74. The maximum absolute atomic E-state index is 14.0. The molecule has 2 heterocycles. The molecule has 1 spiro atoms. The standard InChI is InChI=1S/C38H33BrCl2N2O11S/c1-36(2,3)34(45)52-31-18-29-25(16-27(31)40)38(26-17-28(41)32(19-30(26)51-29)53-35(46)37(4,5)6)24-12-9-21(15-23(24)33(44)54-38)42(14-13-39)55(49,50)22-10-7-20(8-11-22)43(47)48/h7-12,15-19H,13-14H2,1-6H3. The molecule has 0 fully saturated rings. The van der Waals surface area contributed by atoms with Crippen LogP contribution in [-0.2, 0) is 30.0 Å². The van der Waals surface area contributed by atoms with Crippen LogP contribution < -0.4 is 18.5 Å². The smallest absolute Gasteiger partial charge is 0.340 e. The number of hydrogen-bond donors (Lipinski definition) is 0. The van der Waals surface area contributed by atoms with Crippen molar-refractivity contribution >= 4 is 78.4 Å². The zero-order valence-corrected chi connectivity index (χ0v) is 34.1. The van der Waals surface area contributed by atoms with E-state index in [4.69, 9.17) is 42.1 Å². The maximum atomic E-state index is 14.0. The lowest BCUT2D eigenvalue weighted by Crippen LogP contribution is -2.34. The van der Waals surface area contributed by atoms with Crippen LogP contribution in [0.4, 0.5) is 11.4 Å². The number of hydrogen-bond acceptors (Lipinski definition) is 11. The summed E-state index contributed by atoms with van der Waals surface area (Å²) in [6, 6.07) is 14.5. The number of anilines is 1. The van der Waals surface area contributed by atoms with Gasteiger partial charge in [-0.3, -0.25) is 24.0 Å². The van der Waals surface area contributed by atoms with Gasteiger partial charge in [-0.2, -0.15) is 0 Å². The van der Waals surface area contributed by atoms with Crippen LogP contribution in [0.5, 0.6) is 23.0 Å². The minimum atomic E-state index is -4.30. The number of nitro groups is 1. The molecule has 0 saturated carbocycles. The fourth-order valence-electron chi connectivity index (χ4n) is 5.86. The van der Waals surface area contributed by atoms with Crippen molar-refractivity contribution in [3.8, 4) is 23.0 Å². The summed E-state index contributed by atoms with van der Waals surface area (Å²) in [4.78, 5) is 50.1. The first-order valence-electron chi connectivity index (χ1n) is 16.6. The molecule has 55 heavy (non-hydrogen) atoms. The summed E-state index contributed by atoms with van der Waals surface area (Å²) >= 11 is 16.8. The van der Waals surface area contributed by atoms with E-state index in [1.54, 1.807) is 41.5 Å². The minimum absolute atomic E-state index is 0.00603. The van der Waals surface area contributed by atoms with Gasteiger partial charge in [-0.25, -0.2) is 13.2 Å². The van der Waals surface area contributed by atoms with Crippen molar-refractivity contribution in [1.82, 2.24) is 0 Å². The summed E-state index contributed by atoms with van der Waals surface area (Å²) in [6.07, 6.45) is 0. The topological polar surface area (TPSA) is 169 Å². The van der Waals surface area contributed by atoms with Gasteiger partial charge in [-0.1, -0.05) is 45.2 Å². The van der Waals surface area contributed by atoms with E-state index in [2.05, 4.69) is 15.9 Å². The zero-order valence-electron chi connectivity index (χ0n) is 30.2. The van der Waals surface area contributed by atoms with Crippen molar-refractivity contribution in [3.63, 3.8) is 0 Å². The number of non-ortho nitro benzene ring substituents is 1. The van der Waals surface area contributed by atoms with E-state index in [1.807, 2.05) is 0 Å². The number of rotatable bonds is 8. The lowest BCUT2D eigenvalue weighted by atomic mass is 9.77. The number of nitro benzene ring substituents is 1. The van der Waals surface area contributed by atoms with Gasteiger partial charge in [0.05, 0.1) is 41.9 Å². The number of benzene rings is 4. The molecule has 0 saturated heterocycles. The first-order chi connectivity index (χ1) is 25.6. The van der Waals surface area contributed by atoms with E-state index in [1.165, 1.54) is 42.5 Å². The summed E-state index contributed by atoms with van der Waals surface area (Å²) in [5.41, 5.74) is -3.03. The van der Waals surface area contributed by atoms with Crippen LogP contribution in [-0.4, -0.2) is 43.1 Å². The largest absolute Gasteiger partial charge is 0.456 e. The normalized spacial score (nSPS) is 14.2. The Labute approximate surface area is 334 Å². The molecule has 2 aliphatic rings. The number of halogens is 3. The summed E-state index contributed by atoms with van der Waals surface area (Å²) in [7, 11) is -4.30. The molecule has 0 radical (unpaired) electrons. The van der Waals surface area contributed by atoms with Crippen LogP contribution in [0.3, 0.4) is 0 Å². The second kappa shape index (κ2) is 14.1. The highest BCUT2D eigenvalue weighted by Crippen LogP contribution is 2.59. The van der Waals surface area contributed by atoms with Crippen LogP contribution in [0.25, 0.3) is 0 Å². The summed E-state index contributed by atoms with van der Waals surface area (Å²) < 4.78 is 52.8. The SMILES string of the molecule is CC(C)(C)C(=O)Oc1cc2c(cc1Cl)C1(OC(=O)c3cc(N(CCBr)S(=O)(=O)c4ccc([N+](=O)[O-])cc4)ccc31)c1cc(Cl)c(OC(=O)C(C)(C)C)cc1O2. The number of sulfonamides is 1. The summed E-state index contributed by atoms with van der Waals surface area (Å²) in [6.45, 7) is 9.97. The Hall–Kier alpha value is -4.70. The minimum Gasteiger partial charge on any atom is -0.456 e. The van der Waals surface area contributed by atoms with E-state index < -0.39 is 49.3 Å². The maximum Gasteiger partial charge on any atom is 0.340 e. The Balaban J connectivity index is 1.54. The van der Waals surface area contributed by atoms with Crippen molar-refractivity contribution in [3.05, 3.63) is 109 Å². The highest BCUT2D eigenvalue weighted by Gasteiger charge is 2.55. The molecule has 288 valence electrons. The molecular weight excluding hydrogens is 843 g/mol. The van der Waals surface area contributed by atoms with Gasteiger partial charge in [0.2, 0.25) is 0 Å². The number of fused-ring (bicyclic) bond motifs is 6. The number of esters is 3. The van der Waals surface area contributed by atoms with Gasteiger partial charge in [-0.05, 0) is 77.9 Å². The molecule has 0 N–H and O–H groups in total. The van der Waals surface area contributed by atoms with Gasteiger partial charge in [0.25, 0.3) is 15.7 Å². The van der Waals surface area contributed by atoms with Gasteiger partial charge in [0.1, 0.15) is 11.5 Å². The quantitative estimate of drug-likeness (QED) is 0.0545. The number of carbonyl (C=O) groups excluding carboxylic acids is 3. The average molecular weight is 877 g/mol. The Bertz CT molecular complexity index is 2320. The van der Waals surface area contributed by atoms with Crippen LogP contribution in [0, 0.1) is 20.9 Å². The van der Waals surface area contributed by atoms with Crippen molar-refractivity contribution in [1.29, 1.82) is 0 Å². The van der Waals surface area contributed by atoms with Gasteiger partial charge in [0.15, 0.2) is 17.1 Å². The lowest BCUT2D eigenvalue weighted by Gasteiger charge is -2.37. The average Bonchev–Trinajstić information content (AvgIpc) is 3.39. The number of carbonyl (C=O) groups is 3. The number of alkyl halides is 1. The fourth-order valence-corrected chi connectivity index (χ4v) is 8.31. The molecule has 0 amide bonds. The molecule has 0 bridgehead atoms. The predicted molar refractivity (Wildman–Crippen MR) is 206 cm³/mol. The van der Waals surface area contributed by atoms with Crippen molar-refractivity contribution in [2.24, 2.45) is 10.8 Å². The highest BCUT2D eigenvalue weighted by atomic mass is 79.9. The third kappa shape index (κ3) is 7.14. The summed E-state index contributed by atoms with van der Waals surface area (Å²) in [5.74, 6) is -1.90. The molecule has 2 aliphatic heterocycles. The fraction of sp³-hybridized carbons (Fsp3) is 0.289. The Morgan fingerprint density at radius 2 is 1.35 bits per heavy atom. The number of ether oxygens (including phenoxy) is 4.